The predicted octanol–water partition coefficient (Wildman–Crippen LogP) is 1.73. The summed E-state index contributed by atoms with van der Waals surface area (Å²) in [6.45, 7) is 4.35. The molecule has 104 valence electrons. The Morgan fingerprint density at radius 2 is 1.89 bits per heavy atom. The van der Waals surface area contributed by atoms with Gasteiger partial charge in [0.1, 0.15) is 0 Å². The molecule has 1 aromatic rings. The molecule has 0 aliphatic rings. The molecule has 0 aliphatic carbocycles. The first-order valence-corrected chi connectivity index (χ1v) is 6.51. The van der Waals surface area contributed by atoms with Crippen LogP contribution in [0.3, 0.4) is 0 Å². The molecular formula is C13H25N3O2. The van der Waals surface area contributed by atoms with Crippen LogP contribution in [0.25, 0.3) is 0 Å². The molecule has 0 amide bonds. The zero-order valence-corrected chi connectivity index (χ0v) is 11.8. The molecule has 0 saturated heterocycles. The minimum Gasteiger partial charge on any atom is -0.354 e. The van der Waals surface area contributed by atoms with Crippen molar-refractivity contribution in [2.75, 3.05) is 14.2 Å². The molecule has 0 aliphatic heterocycles. The van der Waals surface area contributed by atoms with Gasteiger partial charge in [0.15, 0.2) is 6.29 Å². The second kappa shape index (κ2) is 7.51. The van der Waals surface area contributed by atoms with Crippen molar-refractivity contribution in [3.8, 4) is 0 Å². The molecule has 0 fully saturated rings. The normalized spacial score (nSPS) is 13.5. The number of aromatic nitrogens is 2. The van der Waals surface area contributed by atoms with E-state index in [4.69, 9.17) is 15.2 Å². The number of nitrogens with zero attached hydrogens (tertiary/aromatic N) is 2. The summed E-state index contributed by atoms with van der Waals surface area (Å²) in [5.41, 5.74) is 7.00. The van der Waals surface area contributed by atoms with Gasteiger partial charge in [-0.05, 0) is 18.9 Å². The number of methoxy groups -OCH3 is 2. The van der Waals surface area contributed by atoms with Crippen LogP contribution in [0.2, 0.25) is 0 Å². The Morgan fingerprint density at radius 3 is 2.39 bits per heavy atom. The summed E-state index contributed by atoms with van der Waals surface area (Å²) in [4.78, 5) is 0. The smallest absolute Gasteiger partial charge is 0.172 e. The first-order chi connectivity index (χ1) is 8.65. The van der Waals surface area contributed by atoms with E-state index in [1.54, 1.807) is 14.2 Å². The third-order valence-electron chi connectivity index (χ3n) is 3.24. The highest BCUT2D eigenvalue weighted by Crippen LogP contribution is 2.15. The van der Waals surface area contributed by atoms with Gasteiger partial charge < -0.3 is 15.2 Å². The second-order valence-electron chi connectivity index (χ2n) is 4.47. The van der Waals surface area contributed by atoms with Crippen molar-refractivity contribution in [3.63, 3.8) is 0 Å². The SMILES string of the molecule is CCC(CC)n1ccc(CC(N)C(OC)OC)n1. The summed E-state index contributed by atoms with van der Waals surface area (Å²) >= 11 is 0. The Bertz CT molecular complexity index is 333. The fourth-order valence-electron chi connectivity index (χ4n) is 2.14. The van der Waals surface area contributed by atoms with E-state index < -0.39 is 0 Å². The fourth-order valence-corrected chi connectivity index (χ4v) is 2.14. The molecule has 1 aromatic heterocycles. The quantitative estimate of drug-likeness (QED) is 0.719. The molecule has 0 radical (unpaired) electrons. The van der Waals surface area contributed by atoms with Crippen molar-refractivity contribution in [3.05, 3.63) is 18.0 Å². The first-order valence-electron chi connectivity index (χ1n) is 6.51. The summed E-state index contributed by atoms with van der Waals surface area (Å²) in [6, 6.07) is 2.28. The van der Waals surface area contributed by atoms with Crippen LogP contribution in [-0.4, -0.2) is 36.3 Å². The van der Waals surface area contributed by atoms with E-state index in [1.807, 2.05) is 16.9 Å². The van der Waals surface area contributed by atoms with E-state index in [-0.39, 0.29) is 12.3 Å². The van der Waals surface area contributed by atoms with Gasteiger partial charge in [0.2, 0.25) is 0 Å². The minimum absolute atomic E-state index is 0.204. The third-order valence-corrected chi connectivity index (χ3v) is 3.24. The monoisotopic (exact) mass is 255 g/mol. The zero-order valence-electron chi connectivity index (χ0n) is 11.8. The number of nitrogens with two attached hydrogens (primary N) is 1. The molecular weight excluding hydrogens is 230 g/mol. The molecule has 5 nitrogen and oxygen atoms in total. The van der Waals surface area contributed by atoms with Crippen molar-refractivity contribution in [1.29, 1.82) is 0 Å². The molecule has 1 heterocycles. The zero-order chi connectivity index (χ0) is 13.5. The van der Waals surface area contributed by atoms with Gasteiger partial charge in [-0.3, -0.25) is 4.68 Å². The van der Waals surface area contributed by atoms with E-state index >= 15 is 0 Å². The third kappa shape index (κ3) is 3.80. The van der Waals surface area contributed by atoms with Crippen LogP contribution < -0.4 is 5.73 Å². The maximum atomic E-state index is 6.02. The molecule has 5 heteroatoms. The minimum atomic E-state index is -0.386. The lowest BCUT2D eigenvalue weighted by Crippen LogP contribution is -2.39. The van der Waals surface area contributed by atoms with Crippen molar-refractivity contribution >= 4 is 0 Å². The average Bonchev–Trinajstić information content (AvgIpc) is 2.81. The van der Waals surface area contributed by atoms with E-state index in [9.17, 15) is 0 Å². The Hall–Kier alpha value is -0.910. The summed E-state index contributed by atoms with van der Waals surface area (Å²) in [7, 11) is 3.19. The highest BCUT2D eigenvalue weighted by atomic mass is 16.7. The Balaban J connectivity index is 2.63. The van der Waals surface area contributed by atoms with E-state index in [2.05, 4.69) is 18.9 Å². The standard InChI is InChI=1S/C13H25N3O2/c1-5-11(6-2)16-8-7-10(15-16)9-12(14)13(17-3)18-4/h7-8,11-13H,5-6,9,14H2,1-4H3. The second-order valence-corrected chi connectivity index (χ2v) is 4.47. The lowest BCUT2D eigenvalue weighted by molar-refractivity contribution is -0.116. The van der Waals surface area contributed by atoms with Crippen molar-refractivity contribution in [1.82, 2.24) is 9.78 Å². The number of rotatable bonds is 8. The van der Waals surface area contributed by atoms with Crippen molar-refractivity contribution in [2.45, 2.75) is 51.5 Å². The molecule has 18 heavy (non-hydrogen) atoms. The molecule has 0 saturated carbocycles. The maximum Gasteiger partial charge on any atom is 0.172 e. The van der Waals surface area contributed by atoms with Crippen molar-refractivity contribution < 1.29 is 9.47 Å². The fraction of sp³-hybridized carbons (Fsp3) is 0.769. The van der Waals surface area contributed by atoms with Gasteiger partial charge in [-0.15, -0.1) is 0 Å². The van der Waals surface area contributed by atoms with Gasteiger partial charge in [-0.25, -0.2) is 0 Å². The number of hydrogen-bond acceptors (Lipinski definition) is 4. The highest BCUT2D eigenvalue weighted by Gasteiger charge is 2.18. The van der Waals surface area contributed by atoms with Crippen LogP contribution in [-0.2, 0) is 15.9 Å². The molecule has 1 rings (SSSR count). The van der Waals surface area contributed by atoms with Crippen LogP contribution in [0.1, 0.15) is 38.4 Å². The molecule has 0 aromatic carbocycles. The van der Waals surface area contributed by atoms with E-state index in [0.717, 1.165) is 18.5 Å². The van der Waals surface area contributed by atoms with Gasteiger partial charge in [-0.1, -0.05) is 13.8 Å². The van der Waals surface area contributed by atoms with Gasteiger partial charge in [0.25, 0.3) is 0 Å². The molecule has 2 N–H and O–H groups in total. The van der Waals surface area contributed by atoms with Crippen LogP contribution in [0, 0.1) is 0 Å². The summed E-state index contributed by atoms with van der Waals surface area (Å²) in [5, 5.41) is 4.57. The number of ether oxygens (including phenoxy) is 2. The molecule has 0 spiro atoms. The van der Waals surface area contributed by atoms with Crippen LogP contribution in [0.4, 0.5) is 0 Å². The van der Waals surface area contributed by atoms with E-state index in [1.165, 1.54) is 0 Å². The Kier molecular flexibility index (Phi) is 6.32. The summed E-state index contributed by atoms with van der Waals surface area (Å²) in [5.74, 6) is 0. The maximum absolute atomic E-state index is 6.02. The van der Waals surface area contributed by atoms with Crippen LogP contribution >= 0.6 is 0 Å². The van der Waals surface area contributed by atoms with Gasteiger partial charge >= 0.3 is 0 Å². The van der Waals surface area contributed by atoms with Gasteiger partial charge in [-0.2, -0.15) is 5.10 Å². The first kappa shape index (κ1) is 15.1. The number of hydrogen-bond donors (Lipinski definition) is 1. The largest absolute Gasteiger partial charge is 0.354 e. The summed E-state index contributed by atoms with van der Waals surface area (Å²) in [6.07, 6.45) is 4.46. The van der Waals surface area contributed by atoms with Crippen molar-refractivity contribution in [2.24, 2.45) is 5.73 Å². The Morgan fingerprint density at radius 1 is 1.28 bits per heavy atom. The molecule has 1 atom stereocenters. The van der Waals surface area contributed by atoms with E-state index in [0.29, 0.717) is 12.5 Å². The van der Waals surface area contributed by atoms with Crippen LogP contribution in [0.5, 0.6) is 0 Å². The molecule has 0 bridgehead atoms. The lowest BCUT2D eigenvalue weighted by Gasteiger charge is -2.20. The highest BCUT2D eigenvalue weighted by molar-refractivity contribution is 5.02. The van der Waals surface area contributed by atoms with Crippen LogP contribution in [0.15, 0.2) is 12.3 Å². The lowest BCUT2D eigenvalue weighted by atomic mass is 10.1. The molecule has 1 unspecified atom stereocenters. The average molecular weight is 255 g/mol. The van der Waals surface area contributed by atoms with Gasteiger partial charge in [0.05, 0.1) is 17.8 Å². The van der Waals surface area contributed by atoms with Gasteiger partial charge in [0, 0.05) is 26.8 Å². The Labute approximate surface area is 109 Å². The summed E-state index contributed by atoms with van der Waals surface area (Å²) < 4.78 is 12.3. The topological polar surface area (TPSA) is 62.3 Å². The predicted molar refractivity (Wildman–Crippen MR) is 71.3 cm³/mol.